The van der Waals surface area contributed by atoms with Gasteiger partial charge in [-0.05, 0) is 35.2 Å². The van der Waals surface area contributed by atoms with Gasteiger partial charge in [-0.25, -0.2) is 9.18 Å². The average molecular weight is 418 g/mol. The first-order chi connectivity index (χ1) is 13.7. The highest BCUT2D eigenvalue weighted by Crippen LogP contribution is 2.26. The SMILES string of the molecule is CC(C)[C@@H](CO)n1cc(C(=O)O)c(=O)c2cc(Cc3cccc(Cl)c3F)ccc21. The van der Waals surface area contributed by atoms with Crippen LogP contribution in [0.25, 0.3) is 10.9 Å². The number of benzene rings is 2. The number of carbonyl (C=O) groups is 1. The lowest BCUT2D eigenvalue weighted by atomic mass is 9.99. The van der Waals surface area contributed by atoms with E-state index >= 15 is 0 Å². The number of aromatic nitrogens is 1. The molecule has 7 heteroatoms. The van der Waals surface area contributed by atoms with Crippen molar-refractivity contribution in [2.45, 2.75) is 26.3 Å². The summed E-state index contributed by atoms with van der Waals surface area (Å²) >= 11 is 5.84. The Morgan fingerprint density at radius 2 is 1.97 bits per heavy atom. The third-order valence-corrected chi connectivity index (χ3v) is 5.36. The number of aliphatic hydroxyl groups is 1. The summed E-state index contributed by atoms with van der Waals surface area (Å²) in [5, 5.41) is 19.5. The van der Waals surface area contributed by atoms with Crippen molar-refractivity contribution in [3.63, 3.8) is 0 Å². The Balaban J connectivity index is 2.21. The van der Waals surface area contributed by atoms with Gasteiger partial charge in [-0.2, -0.15) is 0 Å². The van der Waals surface area contributed by atoms with Gasteiger partial charge in [0.05, 0.1) is 23.2 Å². The van der Waals surface area contributed by atoms with Crippen LogP contribution < -0.4 is 5.43 Å². The van der Waals surface area contributed by atoms with E-state index in [1.54, 1.807) is 34.9 Å². The van der Waals surface area contributed by atoms with Crippen LogP contribution >= 0.6 is 11.6 Å². The minimum Gasteiger partial charge on any atom is -0.477 e. The Morgan fingerprint density at radius 3 is 2.59 bits per heavy atom. The molecule has 2 N–H and O–H groups in total. The Hall–Kier alpha value is -2.70. The molecule has 3 aromatic rings. The summed E-state index contributed by atoms with van der Waals surface area (Å²) in [4.78, 5) is 24.4. The van der Waals surface area contributed by atoms with Crippen LogP contribution in [0.4, 0.5) is 4.39 Å². The first-order valence-electron chi connectivity index (χ1n) is 9.19. The zero-order chi connectivity index (χ0) is 21.3. The number of carboxylic acids is 1. The molecule has 1 heterocycles. The predicted molar refractivity (Wildman–Crippen MR) is 110 cm³/mol. The van der Waals surface area contributed by atoms with E-state index in [0.29, 0.717) is 16.6 Å². The lowest BCUT2D eigenvalue weighted by molar-refractivity contribution is 0.0694. The van der Waals surface area contributed by atoms with Gasteiger partial charge in [0, 0.05) is 18.0 Å². The number of carboxylic acid groups (broad SMARTS) is 1. The van der Waals surface area contributed by atoms with Gasteiger partial charge in [0.15, 0.2) is 0 Å². The van der Waals surface area contributed by atoms with Gasteiger partial charge in [-0.3, -0.25) is 4.79 Å². The van der Waals surface area contributed by atoms with E-state index in [2.05, 4.69) is 0 Å². The largest absolute Gasteiger partial charge is 0.477 e. The third-order valence-electron chi connectivity index (χ3n) is 5.07. The molecular weight excluding hydrogens is 397 g/mol. The van der Waals surface area contributed by atoms with Gasteiger partial charge in [0.25, 0.3) is 0 Å². The fourth-order valence-electron chi connectivity index (χ4n) is 3.46. The molecule has 0 bridgehead atoms. The number of hydrogen-bond acceptors (Lipinski definition) is 3. The maximum Gasteiger partial charge on any atom is 0.341 e. The van der Waals surface area contributed by atoms with E-state index in [0.717, 1.165) is 0 Å². The monoisotopic (exact) mass is 417 g/mol. The second-order valence-corrected chi connectivity index (χ2v) is 7.73. The van der Waals surface area contributed by atoms with Crippen molar-refractivity contribution < 1.29 is 19.4 Å². The molecule has 0 aliphatic heterocycles. The van der Waals surface area contributed by atoms with Gasteiger partial charge in [-0.15, -0.1) is 0 Å². The molecular formula is C22H21ClFNO4. The van der Waals surface area contributed by atoms with Crippen LogP contribution in [0.3, 0.4) is 0 Å². The summed E-state index contributed by atoms with van der Waals surface area (Å²) in [7, 11) is 0. The number of halogens is 2. The van der Waals surface area contributed by atoms with Gasteiger partial charge in [0.1, 0.15) is 11.4 Å². The van der Waals surface area contributed by atoms with Crippen molar-refractivity contribution in [3.05, 3.63) is 80.3 Å². The molecule has 0 saturated carbocycles. The van der Waals surface area contributed by atoms with Crippen LogP contribution in [0.1, 0.15) is 41.4 Å². The topological polar surface area (TPSA) is 79.5 Å². The molecule has 0 unspecified atom stereocenters. The fraction of sp³-hybridized carbons (Fsp3) is 0.273. The number of rotatable bonds is 6. The zero-order valence-corrected chi connectivity index (χ0v) is 16.8. The third kappa shape index (κ3) is 4.04. The van der Waals surface area contributed by atoms with Crippen molar-refractivity contribution in [1.82, 2.24) is 4.57 Å². The van der Waals surface area contributed by atoms with Gasteiger partial charge in [0.2, 0.25) is 5.43 Å². The molecule has 152 valence electrons. The van der Waals surface area contributed by atoms with E-state index in [-0.39, 0.29) is 34.9 Å². The molecule has 1 atom stereocenters. The lowest BCUT2D eigenvalue weighted by Crippen LogP contribution is -2.25. The summed E-state index contributed by atoms with van der Waals surface area (Å²) in [5.74, 6) is -1.85. The molecule has 0 amide bonds. The molecule has 0 aliphatic rings. The highest BCUT2D eigenvalue weighted by molar-refractivity contribution is 6.30. The lowest BCUT2D eigenvalue weighted by Gasteiger charge is -2.25. The standard InChI is InChI=1S/C22H21ClFNO4/c1-12(2)19(11-26)25-10-16(22(28)29)21(27)15-9-13(6-7-18(15)25)8-14-4-3-5-17(23)20(14)24/h3-7,9-10,12,19,26H,8,11H2,1-2H3,(H,28,29)/t19-/m1/s1. The Morgan fingerprint density at radius 1 is 1.24 bits per heavy atom. The van der Waals surface area contributed by atoms with Crippen LogP contribution in [-0.2, 0) is 6.42 Å². The number of pyridine rings is 1. The van der Waals surface area contributed by atoms with E-state index in [1.807, 2.05) is 13.8 Å². The van der Waals surface area contributed by atoms with E-state index in [4.69, 9.17) is 11.6 Å². The van der Waals surface area contributed by atoms with Crippen LogP contribution in [0.15, 0.2) is 47.4 Å². The summed E-state index contributed by atoms with van der Waals surface area (Å²) < 4.78 is 15.9. The smallest absolute Gasteiger partial charge is 0.341 e. The first-order valence-corrected chi connectivity index (χ1v) is 9.57. The van der Waals surface area contributed by atoms with Gasteiger partial charge in [-0.1, -0.05) is 43.6 Å². The summed E-state index contributed by atoms with van der Waals surface area (Å²) in [5.41, 5.74) is 0.556. The number of aliphatic hydroxyl groups excluding tert-OH is 1. The normalized spacial score (nSPS) is 12.5. The van der Waals surface area contributed by atoms with Crippen LogP contribution in [0.5, 0.6) is 0 Å². The maximum absolute atomic E-state index is 14.3. The number of fused-ring (bicyclic) bond motifs is 1. The molecule has 0 saturated heterocycles. The van der Waals surface area contributed by atoms with Crippen molar-refractivity contribution in [3.8, 4) is 0 Å². The molecule has 29 heavy (non-hydrogen) atoms. The number of aromatic carboxylic acids is 1. The highest BCUT2D eigenvalue weighted by Gasteiger charge is 2.21. The molecule has 3 rings (SSSR count). The second-order valence-electron chi connectivity index (χ2n) is 7.32. The van der Waals surface area contributed by atoms with Crippen molar-refractivity contribution in [2.75, 3.05) is 6.61 Å². The molecule has 0 radical (unpaired) electrons. The van der Waals surface area contributed by atoms with Crippen LogP contribution in [-0.4, -0.2) is 27.4 Å². The minimum absolute atomic E-state index is 0.00702. The molecule has 1 aromatic heterocycles. The van der Waals surface area contributed by atoms with E-state index in [1.165, 1.54) is 12.3 Å². The zero-order valence-electron chi connectivity index (χ0n) is 16.0. The number of hydrogen-bond donors (Lipinski definition) is 2. The number of nitrogens with zero attached hydrogens (tertiary/aromatic N) is 1. The van der Waals surface area contributed by atoms with Gasteiger partial charge >= 0.3 is 5.97 Å². The van der Waals surface area contributed by atoms with E-state index < -0.39 is 23.3 Å². The molecule has 0 fully saturated rings. The molecule has 2 aromatic carbocycles. The predicted octanol–water partition coefficient (Wildman–Crippen LogP) is 4.27. The van der Waals surface area contributed by atoms with Crippen LogP contribution in [0.2, 0.25) is 5.02 Å². The quantitative estimate of drug-likeness (QED) is 0.627. The highest BCUT2D eigenvalue weighted by atomic mass is 35.5. The molecule has 0 spiro atoms. The summed E-state index contributed by atoms with van der Waals surface area (Å²) in [6.07, 6.45) is 1.48. The van der Waals surface area contributed by atoms with Gasteiger partial charge < -0.3 is 14.8 Å². The maximum atomic E-state index is 14.3. The van der Waals surface area contributed by atoms with Crippen LogP contribution in [0, 0.1) is 11.7 Å². The van der Waals surface area contributed by atoms with Crippen molar-refractivity contribution >= 4 is 28.5 Å². The minimum atomic E-state index is -1.34. The first kappa shape index (κ1) is 21.0. The Kier molecular flexibility index (Phi) is 6.05. The average Bonchev–Trinajstić information content (AvgIpc) is 2.67. The van der Waals surface area contributed by atoms with E-state index in [9.17, 15) is 24.2 Å². The summed E-state index contributed by atoms with van der Waals surface area (Å²) in [6.45, 7) is 3.60. The summed E-state index contributed by atoms with van der Waals surface area (Å²) in [6, 6.07) is 9.35. The molecule has 0 aliphatic carbocycles. The Labute approximate surface area is 172 Å². The molecule has 5 nitrogen and oxygen atoms in total. The van der Waals surface area contributed by atoms with Crippen molar-refractivity contribution in [2.24, 2.45) is 5.92 Å². The Bertz CT molecular complexity index is 1140. The fourth-order valence-corrected chi connectivity index (χ4v) is 3.66. The second kappa shape index (κ2) is 8.35. The van der Waals surface area contributed by atoms with Crippen molar-refractivity contribution in [1.29, 1.82) is 0 Å².